The lowest BCUT2D eigenvalue weighted by Gasteiger charge is -2.32. The summed E-state index contributed by atoms with van der Waals surface area (Å²) < 4.78 is 5.46. The Hall–Kier alpha value is -1.84. The molecule has 0 fully saturated rings. The van der Waals surface area contributed by atoms with Crippen LogP contribution >= 0.6 is 0 Å². The SMILES string of the molecule is CC(C)(C)CC(C)(C)c1ccc2oc(CC(=O)O)nc2c1. The summed E-state index contributed by atoms with van der Waals surface area (Å²) in [6.07, 6.45) is 0.862. The second-order valence-corrected chi connectivity index (χ2v) is 7.48. The van der Waals surface area contributed by atoms with Crippen LogP contribution in [0.2, 0.25) is 0 Å². The van der Waals surface area contributed by atoms with Crippen molar-refractivity contribution in [2.45, 2.75) is 52.9 Å². The van der Waals surface area contributed by atoms with E-state index in [0.29, 0.717) is 5.58 Å². The van der Waals surface area contributed by atoms with Gasteiger partial charge >= 0.3 is 5.97 Å². The molecule has 4 heteroatoms. The van der Waals surface area contributed by atoms with E-state index in [4.69, 9.17) is 9.52 Å². The highest BCUT2D eigenvalue weighted by atomic mass is 16.4. The molecule has 21 heavy (non-hydrogen) atoms. The zero-order valence-corrected chi connectivity index (χ0v) is 13.4. The van der Waals surface area contributed by atoms with Crippen LogP contribution in [-0.2, 0) is 16.6 Å². The van der Waals surface area contributed by atoms with Gasteiger partial charge in [0.1, 0.15) is 11.9 Å². The van der Waals surface area contributed by atoms with Crippen molar-refractivity contribution in [3.63, 3.8) is 0 Å². The van der Waals surface area contributed by atoms with Crippen LogP contribution in [0.3, 0.4) is 0 Å². The molecule has 0 bridgehead atoms. The summed E-state index contributed by atoms with van der Waals surface area (Å²) in [7, 11) is 0. The molecule has 0 saturated heterocycles. The van der Waals surface area contributed by atoms with Gasteiger partial charge in [-0.25, -0.2) is 4.98 Å². The molecule has 0 aliphatic carbocycles. The molecule has 0 radical (unpaired) electrons. The Morgan fingerprint density at radius 1 is 1.24 bits per heavy atom. The van der Waals surface area contributed by atoms with Gasteiger partial charge in [0.05, 0.1) is 0 Å². The van der Waals surface area contributed by atoms with Gasteiger partial charge in [0.25, 0.3) is 0 Å². The molecule has 2 rings (SSSR count). The fraction of sp³-hybridized carbons (Fsp3) is 0.529. The Morgan fingerprint density at radius 2 is 1.90 bits per heavy atom. The van der Waals surface area contributed by atoms with Gasteiger partial charge in [-0.3, -0.25) is 4.79 Å². The Balaban J connectivity index is 2.36. The molecular weight excluding hydrogens is 266 g/mol. The number of hydrogen-bond acceptors (Lipinski definition) is 3. The highest BCUT2D eigenvalue weighted by Crippen LogP contribution is 2.37. The van der Waals surface area contributed by atoms with Gasteiger partial charge in [0.15, 0.2) is 5.58 Å². The maximum Gasteiger partial charge on any atom is 0.312 e. The van der Waals surface area contributed by atoms with Gasteiger partial charge in [-0.05, 0) is 34.9 Å². The predicted molar refractivity (Wildman–Crippen MR) is 82.4 cm³/mol. The standard InChI is InChI=1S/C17H23NO3/c1-16(2,3)10-17(4,5)11-6-7-13-12(8-11)18-14(21-13)9-15(19)20/h6-8H,9-10H2,1-5H3,(H,19,20). The summed E-state index contributed by atoms with van der Waals surface area (Å²) in [6.45, 7) is 11.1. The van der Waals surface area contributed by atoms with Crippen LogP contribution < -0.4 is 0 Å². The van der Waals surface area contributed by atoms with Crippen molar-refractivity contribution in [3.8, 4) is 0 Å². The normalized spacial score (nSPS) is 12.8. The Bertz CT molecular complexity index is 662. The largest absolute Gasteiger partial charge is 0.481 e. The number of fused-ring (bicyclic) bond motifs is 1. The van der Waals surface area contributed by atoms with E-state index in [9.17, 15) is 4.79 Å². The third-order valence-corrected chi connectivity index (χ3v) is 3.49. The van der Waals surface area contributed by atoms with Crippen LogP contribution in [0.25, 0.3) is 11.1 Å². The minimum absolute atomic E-state index is 0.0261. The first kappa shape index (κ1) is 15.5. The first-order valence-electron chi connectivity index (χ1n) is 7.19. The van der Waals surface area contributed by atoms with E-state index in [1.807, 2.05) is 18.2 Å². The lowest BCUT2D eigenvalue weighted by Crippen LogP contribution is -2.24. The van der Waals surface area contributed by atoms with Crippen molar-refractivity contribution in [1.82, 2.24) is 4.98 Å². The van der Waals surface area contributed by atoms with E-state index in [-0.39, 0.29) is 23.1 Å². The first-order valence-corrected chi connectivity index (χ1v) is 7.19. The number of hydrogen-bond donors (Lipinski definition) is 1. The lowest BCUT2D eigenvalue weighted by atomic mass is 9.72. The minimum Gasteiger partial charge on any atom is -0.481 e. The van der Waals surface area contributed by atoms with Crippen LogP contribution in [0.5, 0.6) is 0 Å². The fourth-order valence-electron chi connectivity index (χ4n) is 3.03. The van der Waals surface area contributed by atoms with Crippen molar-refractivity contribution >= 4 is 17.1 Å². The van der Waals surface area contributed by atoms with Gasteiger partial charge in [0, 0.05) is 0 Å². The molecule has 0 saturated carbocycles. The zero-order chi connectivity index (χ0) is 15.8. The number of nitrogens with zero attached hydrogens (tertiary/aromatic N) is 1. The summed E-state index contributed by atoms with van der Waals surface area (Å²) in [6, 6.07) is 5.94. The summed E-state index contributed by atoms with van der Waals surface area (Å²) in [4.78, 5) is 15.0. The second kappa shape index (κ2) is 5.17. The van der Waals surface area contributed by atoms with Crippen molar-refractivity contribution in [2.75, 3.05) is 0 Å². The summed E-state index contributed by atoms with van der Waals surface area (Å²) in [5.41, 5.74) is 2.82. The van der Waals surface area contributed by atoms with E-state index in [1.54, 1.807) is 0 Å². The molecule has 0 atom stereocenters. The van der Waals surface area contributed by atoms with Crippen molar-refractivity contribution < 1.29 is 14.3 Å². The van der Waals surface area contributed by atoms with Gasteiger partial charge in [-0.15, -0.1) is 0 Å². The first-order chi connectivity index (χ1) is 9.57. The third kappa shape index (κ3) is 3.84. The number of carbonyl (C=O) groups is 1. The number of carboxylic acids is 1. The topological polar surface area (TPSA) is 63.3 Å². The van der Waals surface area contributed by atoms with Crippen LogP contribution in [0.4, 0.5) is 0 Å². The van der Waals surface area contributed by atoms with Crippen molar-refractivity contribution in [2.24, 2.45) is 5.41 Å². The summed E-state index contributed by atoms with van der Waals surface area (Å²) in [5.74, 6) is -0.682. The highest BCUT2D eigenvalue weighted by molar-refractivity contribution is 5.75. The molecule has 114 valence electrons. The van der Waals surface area contributed by atoms with Gasteiger partial charge in [0.2, 0.25) is 5.89 Å². The number of rotatable bonds is 4. The van der Waals surface area contributed by atoms with Crippen LogP contribution in [0.1, 0.15) is 52.5 Å². The molecule has 0 spiro atoms. The average molecular weight is 289 g/mol. The predicted octanol–water partition coefficient (Wildman–Crippen LogP) is 4.17. The molecule has 1 aromatic heterocycles. The van der Waals surface area contributed by atoms with E-state index in [0.717, 1.165) is 11.9 Å². The van der Waals surface area contributed by atoms with Crippen LogP contribution in [0.15, 0.2) is 22.6 Å². The number of carboxylic acid groups (broad SMARTS) is 1. The average Bonchev–Trinajstić information content (AvgIpc) is 2.65. The van der Waals surface area contributed by atoms with Crippen molar-refractivity contribution in [1.29, 1.82) is 0 Å². The lowest BCUT2D eigenvalue weighted by molar-refractivity contribution is -0.136. The molecular formula is C17H23NO3. The molecule has 1 N–H and O–H groups in total. The Kier molecular flexibility index (Phi) is 3.83. The molecule has 0 aliphatic heterocycles. The second-order valence-electron chi connectivity index (χ2n) is 7.48. The monoisotopic (exact) mass is 289 g/mol. The minimum atomic E-state index is -0.935. The van der Waals surface area contributed by atoms with Crippen LogP contribution in [-0.4, -0.2) is 16.1 Å². The molecule has 0 unspecified atom stereocenters. The van der Waals surface area contributed by atoms with Gasteiger partial charge in [-0.2, -0.15) is 0 Å². The maximum atomic E-state index is 10.7. The number of aromatic nitrogens is 1. The van der Waals surface area contributed by atoms with E-state index in [2.05, 4.69) is 39.6 Å². The number of aliphatic carboxylic acids is 1. The molecule has 4 nitrogen and oxygen atoms in total. The molecule has 0 aliphatic rings. The molecule has 1 heterocycles. The molecule has 0 amide bonds. The zero-order valence-electron chi connectivity index (χ0n) is 13.4. The maximum absolute atomic E-state index is 10.7. The Labute approximate surface area is 125 Å². The van der Waals surface area contributed by atoms with Gasteiger partial charge in [-0.1, -0.05) is 40.7 Å². The Morgan fingerprint density at radius 3 is 2.48 bits per heavy atom. The molecule has 2 aromatic rings. The van der Waals surface area contributed by atoms with Crippen molar-refractivity contribution in [3.05, 3.63) is 29.7 Å². The third-order valence-electron chi connectivity index (χ3n) is 3.49. The summed E-state index contributed by atoms with van der Waals surface area (Å²) in [5, 5.41) is 8.80. The highest BCUT2D eigenvalue weighted by Gasteiger charge is 2.27. The molecule has 1 aromatic carbocycles. The fourth-order valence-corrected chi connectivity index (χ4v) is 3.03. The van der Waals surface area contributed by atoms with E-state index in [1.165, 1.54) is 5.56 Å². The quantitative estimate of drug-likeness (QED) is 0.917. The smallest absolute Gasteiger partial charge is 0.312 e. The number of benzene rings is 1. The van der Waals surface area contributed by atoms with E-state index >= 15 is 0 Å². The summed E-state index contributed by atoms with van der Waals surface area (Å²) >= 11 is 0. The van der Waals surface area contributed by atoms with Crippen LogP contribution in [0, 0.1) is 5.41 Å². The number of oxazole rings is 1. The van der Waals surface area contributed by atoms with Gasteiger partial charge < -0.3 is 9.52 Å². The van der Waals surface area contributed by atoms with E-state index < -0.39 is 5.97 Å².